The van der Waals surface area contributed by atoms with E-state index in [1.807, 2.05) is 0 Å². The smallest absolute Gasteiger partial charge is 0.403 e. The molecule has 2 aliphatic rings. The molecule has 1 saturated carbocycles. The highest BCUT2D eigenvalue weighted by Gasteiger charge is 2.35. The summed E-state index contributed by atoms with van der Waals surface area (Å²) in [6.45, 7) is 2.12. The molecule has 0 spiro atoms. The fourth-order valence-corrected chi connectivity index (χ4v) is 6.63. The molecule has 0 aliphatic heterocycles. The lowest BCUT2D eigenvalue weighted by Gasteiger charge is -2.32. The second-order valence-electron chi connectivity index (χ2n) is 11.4. The minimum Gasteiger partial charge on any atom is -0.403 e. The SMILES string of the molecule is CCc1ccc(CCC2CCc3c(cc(F)c(C4CCC(c5ccc(OC(F)(F)F)c(F)c5F)CC4)c3F)C2)cc1. The predicted octanol–water partition coefficient (Wildman–Crippen LogP) is 9.88. The Bertz CT molecular complexity index is 1370. The van der Waals surface area contributed by atoms with E-state index >= 15 is 8.78 Å². The Kier molecular flexibility index (Phi) is 8.67. The largest absolute Gasteiger partial charge is 0.573 e. The fraction of sp³-hybridized carbons (Fsp3) is 0.455. The van der Waals surface area contributed by atoms with Gasteiger partial charge in [-0.2, -0.15) is 4.39 Å². The molecule has 0 heterocycles. The number of hydrogen-bond acceptors (Lipinski definition) is 1. The summed E-state index contributed by atoms with van der Waals surface area (Å²) in [4.78, 5) is 0. The molecule has 0 N–H and O–H groups in total. The molecule has 0 amide bonds. The van der Waals surface area contributed by atoms with E-state index in [0.29, 0.717) is 50.0 Å². The first-order valence-electron chi connectivity index (χ1n) is 14.3. The third kappa shape index (κ3) is 6.57. The molecule has 8 heteroatoms. The molecule has 41 heavy (non-hydrogen) atoms. The molecule has 5 rings (SSSR count). The van der Waals surface area contributed by atoms with Crippen LogP contribution in [0.5, 0.6) is 5.75 Å². The van der Waals surface area contributed by atoms with Crippen LogP contribution in [0, 0.1) is 29.2 Å². The van der Waals surface area contributed by atoms with E-state index in [1.165, 1.54) is 17.2 Å². The van der Waals surface area contributed by atoms with E-state index in [4.69, 9.17) is 0 Å². The number of fused-ring (bicyclic) bond motifs is 1. The van der Waals surface area contributed by atoms with Crippen molar-refractivity contribution >= 4 is 0 Å². The van der Waals surface area contributed by atoms with Crippen molar-refractivity contribution in [3.05, 3.63) is 99.1 Å². The van der Waals surface area contributed by atoms with Crippen molar-refractivity contribution in [3.63, 3.8) is 0 Å². The Labute approximate surface area is 235 Å². The minimum absolute atomic E-state index is 0.0470. The third-order valence-electron chi connectivity index (χ3n) is 8.91. The summed E-state index contributed by atoms with van der Waals surface area (Å²) in [6, 6.07) is 11.9. The first kappa shape index (κ1) is 29.5. The van der Waals surface area contributed by atoms with Crippen LogP contribution in [0.25, 0.3) is 0 Å². The van der Waals surface area contributed by atoms with Gasteiger partial charge in [-0.25, -0.2) is 13.2 Å². The van der Waals surface area contributed by atoms with E-state index in [2.05, 4.69) is 35.9 Å². The first-order valence-corrected chi connectivity index (χ1v) is 14.3. The Balaban J connectivity index is 1.23. The molecular formula is C33H33F7O. The van der Waals surface area contributed by atoms with Crippen LogP contribution in [0.1, 0.15) is 90.7 Å². The summed E-state index contributed by atoms with van der Waals surface area (Å²) in [5, 5.41) is 0. The molecule has 1 unspecified atom stereocenters. The summed E-state index contributed by atoms with van der Waals surface area (Å²) in [5.41, 5.74) is 3.90. The van der Waals surface area contributed by atoms with Gasteiger partial charge in [0.1, 0.15) is 11.6 Å². The standard InChI is InChI=1S/C33H33F7O/c1-2-19-3-5-20(6-4-19)7-8-21-9-14-26-24(17-21)18-27(34)29(30(26)35)23-12-10-22(11-13-23)25-15-16-28(32(37)31(25)36)41-33(38,39)40/h3-6,15-16,18,21-23H,2,7-14,17H2,1H3. The maximum absolute atomic E-state index is 15.7. The van der Waals surface area contributed by atoms with E-state index in [-0.39, 0.29) is 11.1 Å². The van der Waals surface area contributed by atoms with Crippen LogP contribution in [0.2, 0.25) is 0 Å². The van der Waals surface area contributed by atoms with Gasteiger partial charge in [-0.05, 0) is 122 Å². The quantitative estimate of drug-likeness (QED) is 0.254. The highest BCUT2D eigenvalue weighted by molar-refractivity contribution is 5.40. The molecule has 3 aromatic rings. The maximum atomic E-state index is 15.7. The second kappa shape index (κ2) is 12.1. The topological polar surface area (TPSA) is 9.23 Å². The molecular weight excluding hydrogens is 545 g/mol. The van der Waals surface area contributed by atoms with Crippen molar-refractivity contribution in [2.45, 2.75) is 89.3 Å². The van der Waals surface area contributed by atoms with Gasteiger partial charge in [-0.15, -0.1) is 13.2 Å². The molecule has 1 fully saturated rings. The minimum atomic E-state index is -5.14. The van der Waals surface area contributed by atoms with E-state index in [9.17, 15) is 22.0 Å². The van der Waals surface area contributed by atoms with Crippen LogP contribution < -0.4 is 4.74 Å². The van der Waals surface area contributed by atoms with Crippen molar-refractivity contribution < 1.29 is 35.5 Å². The van der Waals surface area contributed by atoms with Gasteiger partial charge in [0, 0.05) is 5.56 Å². The van der Waals surface area contributed by atoms with Crippen molar-refractivity contribution in [3.8, 4) is 5.75 Å². The Morgan fingerprint density at radius 3 is 2.10 bits per heavy atom. The van der Waals surface area contributed by atoms with Gasteiger partial charge < -0.3 is 4.74 Å². The summed E-state index contributed by atoms with van der Waals surface area (Å²) >= 11 is 0. The van der Waals surface area contributed by atoms with Gasteiger partial charge in [0.15, 0.2) is 11.6 Å². The average molecular weight is 579 g/mol. The first-order chi connectivity index (χ1) is 19.5. The summed E-state index contributed by atoms with van der Waals surface area (Å²) < 4.78 is 101. The van der Waals surface area contributed by atoms with Crippen molar-refractivity contribution in [1.29, 1.82) is 0 Å². The summed E-state index contributed by atoms with van der Waals surface area (Å²) in [7, 11) is 0. The molecule has 1 nitrogen and oxygen atoms in total. The molecule has 220 valence electrons. The average Bonchev–Trinajstić information content (AvgIpc) is 2.94. The normalized spacial score (nSPS) is 21.0. The lowest BCUT2D eigenvalue weighted by atomic mass is 9.74. The number of halogens is 7. The number of aryl methyl sites for hydroxylation is 2. The van der Waals surface area contributed by atoms with Crippen molar-refractivity contribution in [2.24, 2.45) is 5.92 Å². The molecule has 0 aromatic heterocycles. The van der Waals surface area contributed by atoms with Crippen LogP contribution in [-0.2, 0) is 25.7 Å². The van der Waals surface area contributed by atoms with Gasteiger partial charge >= 0.3 is 6.36 Å². The van der Waals surface area contributed by atoms with Crippen molar-refractivity contribution in [1.82, 2.24) is 0 Å². The van der Waals surface area contributed by atoms with Crippen LogP contribution in [0.4, 0.5) is 30.7 Å². The Morgan fingerprint density at radius 2 is 1.44 bits per heavy atom. The van der Waals surface area contributed by atoms with Crippen LogP contribution in [-0.4, -0.2) is 6.36 Å². The van der Waals surface area contributed by atoms with Crippen LogP contribution in [0.15, 0.2) is 42.5 Å². The van der Waals surface area contributed by atoms with Gasteiger partial charge in [-0.3, -0.25) is 0 Å². The van der Waals surface area contributed by atoms with Gasteiger partial charge in [-0.1, -0.05) is 37.3 Å². The number of ether oxygens (including phenoxy) is 1. The van der Waals surface area contributed by atoms with Gasteiger partial charge in [0.2, 0.25) is 5.82 Å². The van der Waals surface area contributed by atoms with Gasteiger partial charge in [0.25, 0.3) is 0 Å². The van der Waals surface area contributed by atoms with E-state index < -0.39 is 47.2 Å². The van der Waals surface area contributed by atoms with Crippen LogP contribution >= 0.6 is 0 Å². The Morgan fingerprint density at radius 1 is 0.780 bits per heavy atom. The predicted molar refractivity (Wildman–Crippen MR) is 143 cm³/mol. The zero-order chi connectivity index (χ0) is 29.3. The third-order valence-corrected chi connectivity index (χ3v) is 8.91. The maximum Gasteiger partial charge on any atom is 0.573 e. The highest BCUT2D eigenvalue weighted by Crippen LogP contribution is 2.45. The van der Waals surface area contributed by atoms with Crippen LogP contribution in [0.3, 0.4) is 0 Å². The monoisotopic (exact) mass is 578 g/mol. The number of alkyl halides is 3. The second-order valence-corrected chi connectivity index (χ2v) is 11.4. The molecule has 0 radical (unpaired) electrons. The molecule has 2 aliphatic carbocycles. The lowest BCUT2D eigenvalue weighted by Crippen LogP contribution is -2.21. The van der Waals surface area contributed by atoms with Crippen molar-refractivity contribution in [2.75, 3.05) is 0 Å². The van der Waals surface area contributed by atoms with Gasteiger partial charge in [0.05, 0.1) is 0 Å². The highest BCUT2D eigenvalue weighted by atomic mass is 19.4. The molecule has 0 bridgehead atoms. The number of benzene rings is 3. The number of rotatable bonds is 7. The Hall–Kier alpha value is -3.03. The van der Waals surface area contributed by atoms with E-state index in [0.717, 1.165) is 43.4 Å². The fourth-order valence-electron chi connectivity index (χ4n) is 6.63. The molecule has 1 atom stereocenters. The summed E-state index contributed by atoms with van der Waals surface area (Å²) in [5.74, 6) is -5.86. The zero-order valence-electron chi connectivity index (χ0n) is 22.9. The van der Waals surface area contributed by atoms with E-state index in [1.54, 1.807) is 0 Å². The number of hydrogen-bond donors (Lipinski definition) is 0. The summed E-state index contributed by atoms with van der Waals surface area (Å²) in [6.07, 6.45) is 1.16. The molecule has 0 saturated heterocycles. The molecule has 3 aromatic carbocycles. The zero-order valence-corrected chi connectivity index (χ0v) is 22.9. The lowest BCUT2D eigenvalue weighted by molar-refractivity contribution is -0.275.